The molecule has 0 spiro atoms. The Kier molecular flexibility index (Phi) is 3.33. The van der Waals surface area contributed by atoms with Gasteiger partial charge in [0.1, 0.15) is 0 Å². The van der Waals surface area contributed by atoms with Crippen molar-refractivity contribution in [3.63, 3.8) is 0 Å². The second-order valence-corrected chi connectivity index (χ2v) is 9.68. The first kappa shape index (κ1) is 13.2. The Labute approximate surface area is 283 Å². The molecule has 0 fully saturated rings. The largest absolute Gasteiger partial charge is 0.310 e. The Balaban J connectivity index is 1.46. The van der Waals surface area contributed by atoms with Crippen LogP contribution in [0.1, 0.15) is 24.7 Å². The van der Waals surface area contributed by atoms with Crippen LogP contribution in [0.25, 0.3) is 49.7 Å². The number of nitrogens with zero attached hydrogens (tertiary/aromatic N) is 2. The molecule has 1 heterocycles. The molecule has 8 rings (SSSR count). The van der Waals surface area contributed by atoms with Crippen LogP contribution in [0.5, 0.6) is 0 Å². The minimum absolute atomic E-state index is 0.178. The van der Waals surface area contributed by atoms with E-state index < -0.39 is 137 Å². The Morgan fingerprint density at radius 2 is 1.05 bits per heavy atom. The third kappa shape index (κ3) is 4.63. The predicted octanol–water partition coefficient (Wildman–Crippen LogP) is 11.6. The number of para-hydroxylation sites is 3. The maximum Gasteiger partial charge on any atom is 0.0651 e. The van der Waals surface area contributed by atoms with Crippen molar-refractivity contribution in [1.82, 2.24) is 4.57 Å². The molecule has 0 radical (unpaired) electrons. The minimum Gasteiger partial charge on any atom is -0.310 e. The molecule has 0 unspecified atom stereocenters. The van der Waals surface area contributed by atoms with E-state index in [1.165, 1.54) is 0 Å². The summed E-state index contributed by atoms with van der Waals surface area (Å²) in [5.74, 6) is 0. The van der Waals surface area contributed by atoms with E-state index in [0.717, 1.165) is 27.5 Å². The normalized spacial score (nSPS) is 16.9. The zero-order chi connectivity index (χ0) is 45.0. The van der Waals surface area contributed by atoms with Crippen molar-refractivity contribution in [2.24, 2.45) is 0 Å². The number of fused-ring (bicyclic) bond motifs is 3. The van der Waals surface area contributed by atoms with Crippen LogP contribution in [0.2, 0.25) is 0 Å². The van der Waals surface area contributed by atoms with E-state index >= 15 is 0 Å². The number of hydrogen-bond donors (Lipinski definition) is 0. The van der Waals surface area contributed by atoms with Crippen LogP contribution in [-0.2, 0) is 0 Å². The zero-order valence-corrected chi connectivity index (χ0v) is 22.8. The van der Waals surface area contributed by atoms with Crippen LogP contribution < -0.4 is 4.90 Å². The maximum absolute atomic E-state index is 9.43. The Morgan fingerprint density at radius 3 is 1.84 bits per heavy atom. The van der Waals surface area contributed by atoms with Crippen molar-refractivity contribution < 1.29 is 24.7 Å². The molecule has 2 nitrogen and oxygen atoms in total. The van der Waals surface area contributed by atoms with Gasteiger partial charge in [0.25, 0.3) is 0 Å². The smallest absolute Gasteiger partial charge is 0.0651 e. The molecule has 0 atom stereocenters. The lowest BCUT2D eigenvalue weighted by Crippen LogP contribution is -2.09. The van der Waals surface area contributed by atoms with Gasteiger partial charge in [-0.1, -0.05) is 115 Å². The standard InChI is InChI=1S/C42H30N2/c1-4-13-31(14-5-1)33-15-12-20-38(29-33)43(35-16-6-2-7-17-35)37-26-23-32(24-27-37)34-25-28-42-40(30-34)39-21-10-11-22-41(39)44(42)36-18-8-3-9-19-36/h1-30H/i1D,2D,4D,5D,6D,7D,12D,13D,14D,15D,16D,17D,20D,23D,24D,26D,27D,29D. The molecule has 0 N–H and O–H groups in total. The van der Waals surface area contributed by atoms with Crippen molar-refractivity contribution in [2.75, 3.05) is 4.90 Å². The molecule has 0 aliphatic heterocycles. The third-order valence-corrected chi connectivity index (χ3v) is 7.11. The number of hydrogen-bond acceptors (Lipinski definition) is 1. The van der Waals surface area contributed by atoms with Crippen LogP contribution in [0.15, 0.2) is 182 Å². The summed E-state index contributed by atoms with van der Waals surface area (Å²) < 4.78 is 161. The van der Waals surface area contributed by atoms with Crippen molar-refractivity contribution in [1.29, 1.82) is 0 Å². The van der Waals surface area contributed by atoms with Gasteiger partial charge in [-0.3, -0.25) is 0 Å². The van der Waals surface area contributed by atoms with Crippen LogP contribution in [0, 0.1) is 0 Å². The molecule has 1 aromatic heterocycles. The van der Waals surface area contributed by atoms with Crippen molar-refractivity contribution in [3.8, 4) is 27.9 Å². The minimum atomic E-state index is -0.998. The second-order valence-electron chi connectivity index (χ2n) is 9.68. The Bertz CT molecular complexity index is 3150. The molecular weight excluding hydrogens is 532 g/mol. The highest BCUT2D eigenvalue weighted by molar-refractivity contribution is 6.10. The van der Waals surface area contributed by atoms with Gasteiger partial charge in [0.2, 0.25) is 0 Å². The molecule has 0 aliphatic carbocycles. The number of aromatic nitrogens is 1. The van der Waals surface area contributed by atoms with Gasteiger partial charge in [0.05, 0.1) is 35.7 Å². The van der Waals surface area contributed by atoms with E-state index in [0.29, 0.717) is 4.90 Å². The fraction of sp³-hybridized carbons (Fsp3) is 0. The molecule has 0 aliphatic rings. The lowest BCUT2D eigenvalue weighted by molar-refractivity contribution is 1.18. The lowest BCUT2D eigenvalue weighted by atomic mass is 10.0. The molecule has 0 saturated carbocycles. The second kappa shape index (κ2) is 11.1. The first-order valence-electron chi connectivity index (χ1n) is 22.6. The summed E-state index contributed by atoms with van der Waals surface area (Å²) >= 11 is 0. The van der Waals surface area contributed by atoms with Crippen LogP contribution in [-0.4, -0.2) is 4.57 Å². The molecule has 44 heavy (non-hydrogen) atoms. The molecular formula is C42H30N2. The average Bonchev–Trinajstić information content (AvgIpc) is 3.60. The molecule has 2 heteroatoms. The van der Waals surface area contributed by atoms with Crippen molar-refractivity contribution in [2.45, 2.75) is 0 Å². The highest BCUT2D eigenvalue weighted by atomic mass is 15.1. The summed E-state index contributed by atoms with van der Waals surface area (Å²) in [5.41, 5.74) is -1.37. The topological polar surface area (TPSA) is 8.17 Å². The third-order valence-electron chi connectivity index (χ3n) is 7.11. The van der Waals surface area contributed by atoms with Gasteiger partial charge in [-0.25, -0.2) is 0 Å². The van der Waals surface area contributed by atoms with Gasteiger partial charge in [0, 0.05) is 33.5 Å². The molecule has 208 valence electrons. The maximum atomic E-state index is 9.43. The number of anilines is 3. The molecule has 7 aromatic carbocycles. The molecule has 8 aromatic rings. The Morgan fingerprint density at radius 1 is 0.432 bits per heavy atom. The van der Waals surface area contributed by atoms with E-state index in [9.17, 15) is 6.85 Å². The SMILES string of the molecule is [2H]c1c([2H])c([2H])c(-c2c([2H])c([2H])c([2H])c(N(c3c([2H])c([2H])c([2H])c([2H])c3[2H])c3c([2H])c([2H])c(-c4ccc5c(c4)c4ccccc4n5-c4ccccc4)c([2H])c3[2H])c2[2H])c([2H])c1[2H]. The first-order valence-corrected chi connectivity index (χ1v) is 13.6. The highest BCUT2D eigenvalue weighted by Crippen LogP contribution is 2.39. The summed E-state index contributed by atoms with van der Waals surface area (Å²) in [7, 11) is 0. The summed E-state index contributed by atoms with van der Waals surface area (Å²) in [5, 5.41) is 1.55. The van der Waals surface area contributed by atoms with Crippen molar-refractivity contribution >= 4 is 38.9 Å². The van der Waals surface area contributed by atoms with Gasteiger partial charge in [-0.2, -0.15) is 0 Å². The number of rotatable bonds is 6. The summed E-state index contributed by atoms with van der Waals surface area (Å²) in [4.78, 5) is 0.572. The fourth-order valence-electron chi connectivity index (χ4n) is 5.18. The summed E-state index contributed by atoms with van der Waals surface area (Å²) in [6, 6.07) is 6.66. The first-order chi connectivity index (χ1) is 29.3. The van der Waals surface area contributed by atoms with Crippen LogP contribution in [0.3, 0.4) is 0 Å². The lowest BCUT2D eigenvalue weighted by Gasteiger charge is -2.26. The molecule has 0 saturated heterocycles. The fourth-order valence-corrected chi connectivity index (χ4v) is 5.18. The summed E-state index contributed by atoms with van der Waals surface area (Å²) in [6.45, 7) is 0. The van der Waals surface area contributed by atoms with Gasteiger partial charge in [-0.15, -0.1) is 0 Å². The van der Waals surface area contributed by atoms with Crippen molar-refractivity contribution in [3.05, 3.63) is 182 Å². The van der Waals surface area contributed by atoms with Crippen LogP contribution in [0.4, 0.5) is 17.1 Å². The summed E-state index contributed by atoms with van der Waals surface area (Å²) in [6.07, 6.45) is 0. The zero-order valence-electron chi connectivity index (χ0n) is 40.8. The van der Waals surface area contributed by atoms with Gasteiger partial charge in [-0.05, 0) is 88.8 Å². The van der Waals surface area contributed by atoms with E-state index in [1.54, 1.807) is 18.2 Å². The molecule has 0 amide bonds. The van der Waals surface area contributed by atoms with Crippen LogP contribution >= 0.6 is 0 Å². The van der Waals surface area contributed by atoms with E-state index in [2.05, 4.69) is 0 Å². The van der Waals surface area contributed by atoms with E-state index in [4.69, 9.17) is 17.8 Å². The van der Waals surface area contributed by atoms with Gasteiger partial charge < -0.3 is 9.47 Å². The highest BCUT2D eigenvalue weighted by Gasteiger charge is 2.15. The monoisotopic (exact) mass is 580 g/mol. The number of benzene rings is 7. The average molecular weight is 581 g/mol. The quantitative estimate of drug-likeness (QED) is 0.190. The predicted molar refractivity (Wildman–Crippen MR) is 186 cm³/mol. The van der Waals surface area contributed by atoms with Gasteiger partial charge >= 0.3 is 0 Å². The molecule has 0 bridgehead atoms. The Hall–Kier alpha value is -5.86. The van der Waals surface area contributed by atoms with E-state index in [-0.39, 0.29) is 11.1 Å². The van der Waals surface area contributed by atoms with Gasteiger partial charge in [0.15, 0.2) is 0 Å². The van der Waals surface area contributed by atoms with E-state index in [1.807, 2.05) is 59.2 Å².